The summed E-state index contributed by atoms with van der Waals surface area (Å²) in [4.78, 5) is 11.7. The number of halogens is 2. The van der Waals surface area contributed by atoms with Crippen LogP contribution in [0.5, 0.6) is 11.5 Å². The Hall–Kier alpha value is -2.08. The molecular formula is C17H17BrFNO3. The average Bonchev–Trinajstić information content (AvgIpc) is 2.56. The Balaban J connectivity index is 2.10. The smallest absolute Gasteiger partial charge is 0.238 e. The van der Waals surface area contributed by atoms with E-state index in [-0.39, 0.29) is 18.1 Å². The van der Waals surface area contributed by atoms with E-state index in [1.807, 2.05) is 0 Å². The summed E-state index contributed by atoms with van der Waals surface area (Å²) in [5, 5.41) is 2.76. The molecule has 0 aromatic heterocycles. The Kier molecular flexibility index (Phi) is 5.98. The van der Waals surface area contributed by atoms with Gasteiger partial charge in [0, 0.05) is 6.07 Å². The zero-order chi connectivity index (χ0) is 16.8. The van der Waals surface area contributed by atoms with Crippen molar-refractivity contribution in [2.24, 2.45) is 0 Å². The maximum atomic E-state index is 13.7. The van der Waals surface area contributed by atoms with Crippen molar-refractivity contribution >= 4 is 27.5 Å². The van der Waals surface area contributed by atoms with Gasteiger partial charge in [-0.25, -0.2) is 4.39 Å². The van der Waals surface area contributed by atoms with E-state index in [4.69, 9.17) is 9.47 Å². The number of methoxy groups -OCH3 is 2. The molecule has 0 fully saturated rings. The Bertz CT molecular complexity index is 693. The average molecular weight is 382 g/mol. The second-order valence-electron chi connectivity index (χ2n) is 4.82. The predicted molar refractivity (Wildman–Crippen MR) is 91.0 cm³/mol. The number of rotatable bonds is 6. The monoisotopic (exact) mass is 381 g/mol. The van der Waals surface area contributed by atoms with Crippen molar-refractivity contribution in [1.82, 2.24) is 0 Å². The molecule has 0 aliphatic heterocycles. The highest BCUT2D eigenvalue weighted by Gasteiger charge is 2.19. The van der Waals surface area contributed by atoms with E-state index in [1.54, 1.807) is 43.5 Å². The third-order valence-electron chi connectivity index (χ3n) is 3.31. The van der Waals surface area contributed by atoms with Gasteiger partial charge in [-0.05, 0) is 30.2 Å². The van der Waals surface area contributed by atoms with Crippen LogP contribution in [0.1, 0.15) is 5.56 Å². The van der Waals surface area contributed by atoms with Gasteiger partial charge in [-0.15, -0.1) is 0 Å². The largest absolute Gasteiger partial charge is 0.497 e. The molecule has 0 aliphatic carbocycles. The van der Waals surface area contributed by atoms with Gasteiger partial charge in [0.25, 0.3) is 0 Å². The molecule has 1 N–H and O–H groups in total. The van der Waals surface area contributed by atoms with Crippen molar-refractivity contribution in [3.63, 3.8) is 0 Å². The first-order valence-corrected chi connectivity index (χ1v) is 7.87. The first-order valence-electron chi connectivity index (χ1n) is 6.95. The number of nitrogens with one attached hydrogen (secondary N) is 1. The SMILES string of the molecule is COc1ccc(OC)c(NC(=O)[C@@H](Br)Cc2ccccc2F)c1. The fourth-order valence-electron chi connectivity index (χ4n) is 2.07. The van der Waals surface area contributed by atoms with Crippen molar-refractivity contribution in [2.75, 3.05) is 19.5 Å². The summed E-state index contributed by atoms with van der Waals surface area (Å²) in [6, 6.07) is 11.5. The van der Waals surface area contributed by atoms with Gasteiger partial charge in [-0.1, -0.05) is 34.1 Å². The molecule has 122 valence electrons. The summed E-state index contributed by atoms with van der Waals surface area (Å²) in [6.07, 6.45) is 0.241. The number of anilines is 1. The molecule has 2 aromatic carbocycles. The molecule has 0 aliphatic rings. The molecule has 0 unspecified atom stereocenters. The molecule has 1 amide bonds. The highest BCUT2D eigenvalue weighted by atomic mass is 79.9. The Labute approximate surface area is 142 Å². The predicted octanol–water partition coefficient (Wildman–Crippen LogP) is 3.79. The summed E-state index contributed by atoms with van der Waals surface area (Å²) >= 11 is 3.30. The van der Waals surface area contributed by atoms with Crippen LogP contribution < -0.4 is 14.8 Å². The van der Waals surface area contributed by atoms with Crippen molar-refractivity contribution in [3.8, 4) is 11.5 Å². The number of alkyl halides is 1. The number of benzene rings is 2. The molecule has 1 atom stereocenters. The summed E-state index contributed by atoms with van der Waals surface area (Å²) in [5.74, 6) is 0.495. The van der Waals surface area contributed by atoms with Crippen LogP contribution in [0.3, 0.4) is 0 Å². The van der Waals surface area contributed by atoms with E-state index in [9.17, 15) is 9.18 Å². The molecule has 0 heterocycles. The number of hydrogen-bond donors (Lipinski definition) is 1. The standard InChI is InChI=1S/C17H17BrFNO3/c1-22-12-7-8-16(23-2)15(10-12)20-17(21)13(18)9-11-5-3-4-6-14(11)19/h3-8,10,13H,9H2,1-2H3,(H,20,21)/t13-/m0/s1. The molecule has 0 radical (unpaired) electrons. The summed E-state index contributed by atoms with van der Waals surface area (Å²) in [6.45, 7) is 0. The molecule has 6 heteroatoms. The Morgan fingerprint density at radius 2 is 1.96 bits per heavy atom. The maximum Gasteiger partial charge on any atom is 0.238 e. The third-order valence-corrected chi connectivity index (χ3v) is 4.05. The minimum Gasteiger partial charge on any atom is -0.497 e. The lowest BCUT2D eigenvalue weighted by molar-refractivity contribution is -0.115. The van der Waals surface area contributed by atoms with Gasteiger partial charge in [0.1, 0.15) is 17.3 Å². The van der Waals surface area contributed by atoms with Crippen molar-refractivity contribution in [3.05, 3.63) is 53.8 Å². The molecule has 0 saturated carbocycles. The topological polar surface area (TPSA) is 47.6 Å². The van der Waals surface area contributed by atoms with E-state index in [0.717, 1.165) is 0 Å². The van der Waals surface area contributed by atoms with Crippen LogP contribution >= 0.6 is 15.9 Å². The second kappa shape index (κ2) is 7.97. The van der Waals surface area contributed by atoms with Crippen LogP contribution in [0.4, 0.5) is 10.1 Å². The number of carbonyl (C=O) groups is 1. The maximum absolute atomic E-state index is 13.7. The van der Waals surface area contributed by atoms with Gasteiger partial charge in [0.2, 0.25) is 5.91 Å². The minimum absolute atomic E-state index is 0.241. The summed E-state index contributed by atoms with van der Waals surface area (Å²) in [7, 11) is 3.06. The fraction of sp³-hybridized carbons (Fsp3) is 0.235. The van der Waals surface area contributed by atoms with Crippen molar-refractivity contribution in [1.29, 1.82) is 0 Å². The van der Waals surface area contributed by atoms with E-state index in [0.29, 0.717) is 22.7 Å². The number of carbonyl (C=O) groups excluding carboxylic acids is 1. The van der Waals surface area contributed by atoms with Gasteiger partial charge in [0.05, 0.1) is 24.7 Å². The lowest BCUT2D eigenvalue weighted by atomic mass is 10.1. The molecule has 2 aromatic rings. The Morgan fingerprint density at radius 3 is 2.61 bits per heavy atom. The molecule has 0 saturated heterocycles. The quantitative estimate of drug-likeness (QED) is 0.774. The highest BCUT2D eigenvalue weighted by Crippen LogP contribution is 2.29. The van der Waals surface area contributed by atoms with E-state index >= 15 is 0 Å². The van der Waals surface area contributed by atoms with Crippen LogP contribution in [0.25, 0.3) is 0 Å². The van der Waals surface area contributed by atoms with Crippen molar-refractivity contribution in [2.45, 2.75) is 11.2 Å². The lowest BCUT2D eigenvalue weighted by Gasteiger charge is -2.14. The third kappa shape index (κ3) is 4.45. The summed E-state index contributed by atoms with van der Waals surface area (Å²) < 4.78 is 24.0. The van der Waals surface area contributed by atoms with Gasteiger partial charge in [-0.3, -0.25) is 4.79 Å². The van der Waals surface area contributed by atoms with Gasteiger partial charge >= 0.3 is 0 Å². The number of hydrogen-bond acceptors (Lipinski definition) is 3. The molecule has 0 bridgehead atoms. The number of amides is 1. The van der Waals surface area contributed by atoms with Crippen LogP contribution in [-0.2, 0) is 11.2 Å². The first-order chi connectivity index (χ1) is 11.0. The zero-order valence-corrected chi connectivity index (χ0v) is 14.4. The minimum atomic E-state index is -0.574. The van der Waals surface area contributed by atoms with E-state index < -0.39 is 4.83 Å². The molecule has 23 heavy (non-hydrogen) atoms. The first kappa shape index (κ1) is 17.3. The summed E-state index contributed by atoms with van der Waals surface area (Å²) in [5.41, 5.74) is 0.969. The van der Waals surface area contributed by atoms with Crippen LogP contribution in [0.15, 0.2) is 42.5 Å². The zero-order valence-electron chi connectivity index (χ0n) is 12.8. The van der Waals surface area contributed by atoms with Crippen LogP contribution in [0, 0.1) is 5.82 Å². The van der Waals surface area contributed by atoms with Gasteiger partial charge in [-0.2, -0.15) is 0 Å². The molecule has 4 nitrogen and oxygen atoms in total. The van der Waals surface area contributed by atoms with E-state index in [2.05, 4.69) is 21.2 Å². The molecular weight excluding hydrogens is 365 g/mol. The molecule has 0 spiro atoms. The normalized spacial score (nSPS) is 11.7. The van der Waals surface area contributed by atoms with Gasteiger partial charge < -0.3 is 14.8 Å². The second-order valence-corrected chi connectivity index (χ2v) is 5.92. The Morgan fingerprint density at radius 1 is 1.22 bits per heavy atom. The highest BCUT2D eigenvalue weighted by molar-refractivity contribution is 9.10. The lowest BCUT2D eigenvalue weighted by Crippen LogP contribution is -2.25. The van der Waals surface area contributed by atoms with Crippen LogP contribution in [-0.4, -0.2) is 25.0 Å². The van der Waals surface area contributed by atoms with Crippen LogP contribution in [0.2, 0.25) is 0 Å². The number of ether oxygens (including phenoxy) is 2. The van der Waals surface area contributed by atoms with E-state index in [1.165, 1.54) is 13.2 Å². The van der Waals surface area contributed by atoms with Crippen molar-refractivity contribution < 1.29 is 18.7 Å². The fourth-order valence-corrected chi connectivity index (χ4v) is 2.54. The van der Waals surface area contributed by atoms with Gasteiger partial charge in [0.15, 0.2) is 0 Å². The molecule has 2 rings (SSSR count).